The predicted molar refractivity (Wildman–Crippen MR) is 92.7 cm³/mol. The number of aromatic amines is 1. The lowest BCUT2D eigenvalue weighted by Crippen LogP contribution is -2.36. The Hall–Kier alpha value is -1.59. The van der Waals surface area contributed by atoms with Gasteiger partial charge in [-0.25, -0.2) is 4.39 Å². The minimum Gasteiger partial charge on any atom is -0.381 e. The van der Waals surface area contributed by atoms with E-state index < -0.39 is 5.82 Å². The van der Waals surface area contributed by atoms with Crippen LogP contribution in [0.5, 0.6) is 0 Å². The molecule has 1 aliphatic rings. The van der Waals surface area contributed by atoms with Gasteiger partial charge in [0.05, 0.1) is 11.1 Å². The zero-order valence-electron chi connectivity index (χ0n) is 13.7. The number of carbonyl (C=O) groups is 1. The minimum atomic E-state index is -0.434. The normalized spacial score (nSPS) is 21.1. The van der Waals surface area contributed by atoms with Crippen molar-refractivity contribution in [3.8, 4) is 0 Å². The Morgan fingerprint density at radius 3 is 3.08 bits per heavy atom. The Morgan fingerprint density at radius 2 is 2.29 bits per heavy atom. The Morgan fingerprint density at radius 1 is 1.46 bits per heavy atom. The molecule has 0 aliphatic heterocycles. The van der Waals surface area contributed by atoms with Crippen molar-refractivity contribution in [2.45, 2.75) is 38.2 Å². The molecule has 1 heterocycles. The molecule has 2 aromatic rings. The average Bonchev–Trinajstić information content (AvgIpc) is 2.97. The maximum absolute atomic E-state index is 13.5. The van der Waals surface area contributed by atoms with Crippen molar-refractivity contribution in [1.29, 1.82) is 0 Å². The monoisotopic (exact) mass is 352 g/mol. The van der Waals surface area contributed by atoms with Crippen LogP contribution in [0.1, 0.15) is 31.2 Å². The molecule has 1 amide bonds. The lowest BCUT2D eigenvalue weighted by atomic mass is 9.86. The van der Waals surface area contributed by atoms with Gasteiger partial charge in [-0.1, -0.05) is 18.0 Å². The average molecular weight is 353 g/mol. The molecular weight excluding hydrogens is 331 g/mol. The summed E-state index contributed by atoms with van der Waals surface area (Å²) in [5.74, 6) is -0.299. The maximum atomic E-state index is 13.5. The molecule has 4 nitrogen and oxygen atoms in total. The molecule has 1 aromatic heterocycles. The number of nitrogens with one attached hydrogen (secondary N) is 2. The fraction of sp³-hybridized carbons (Fsp3) is 0.500. The van der Waals surface area contributed by atoms with Crippen molar-refractivity contribution >= 4 is 28.4 Å². The van der Waals surface area contributed by atoms with Gasteiger partial charge in [-0.15, -0.1) is 0 Å². The van der Waals surface area contributed by atoms with Crippen LogP contribution in [0.25, 0.3) is 10.9 Å². The lowest BCUT2D eigenvalue weighted by Gasteiger charge is -2.27. The number of ether oxygens (including phenoxy) is 1. The number of H-pyrrole nitrogens is 1. The number of amides is 1. The van der Waals surface area contributed by atoms with E-state index in [4.69, 9.17) is 16.3 Å². The topological polar surface area (TPSA) is 54.1 Å². The second kappa shape index (κ2) is 7.53. The summed E-state index contributed by atoms with van der Waals surface area (Å²) in [5, 5.41) is 4.02. The van der Waals surface area contributed by atoms with E-state index in [-0.39, 0.29) is 23.0 Å². The minimum absolute atomic E-state index is 0.0372. The highest BCUT2D eigenvalue weighted by Gasteiger charge is 2.26. The molecule has 130 valence electrons. The summed E-state index contributed by atoms with van der Waals surface area (Å²) in [4.78, 5) is 15.3. The largest absolute Gasteiger partial charge is 0.381 e. The fourth-order valence-electron chi connectivity index (χ4n) is 3.44. The molecule has 0 spiro atoms. The molecule has 24 heavy (non-hydrogen) atoms. The Bertz CT molecular complexity index is 731. The molecule has 6 heteroatoms. The van der Waals surface area contributed by atoms with Crippen LogP contribution in [0.3, 0.4) is 0 Å². The number of carbonyl (C=O) groups excluding carboxylic acids is 1. The van der Waals surface area contributed by atoms with Gasteiger partial charge in [0.2, 0.25) is 5.91 Å². The van der Waals surface area contributed by atoms with Crippen molar-refractivity contribution in [3.05, 3.63) is 34.7 Å². The summed E-state index contributed by atoms with van der Waals surface area (Å²) in [6.07, 6.45) is 6.50. The van der Waals surface area contributed by atoms with Crippen LogP contribution < -0.4 is 5.32 Å². The van der Waals surface area contributed by atoms with Gasteiger partial charge in [0.15, 0.2) is 0 Å². The molecule has 0 saturated heterocycles. The number of aromatic nitrogens is 1. The van der Waals surface area contributed by atoms with Crippen molar-refractivity contribution < 1.29 is 13.9 Å². The molecule has 1 aliphatic carbocycles. The highest BCUT2D eigenvalue weighted by Crippen LogP contribution is 2.27. The smallest absolute Gasteiger partial charge is 0.223 e. The van der Waals surface area contributed by atoms with E-state index in [1.807, 2.05) is 6.20 Å². The first kappa shape index (κ1) is 17.2. The first-order valence-electron chi connectivity index (χ1n) is 8.34. The van der Waals surface area contributed by atoms with Crippen molar-refractivity contribution in [2.75, 3.05) is 13.7 Å². The fourth-order valence-corrected chi connectivity index (χ4v) is 3.61. The maximum Gasteiger partial charge on any atom is 0.223 e. The quantitative estimate of drug-likeness (QED) is 0.859. The lowest BCUT2D eigenvalue weighted by molar-refractivity contribution is -0.127. The highest BCUT2D eigenvalue weighted by molar-refractivity contribution is 6.31. The van der Waals surface area contributed by atoms with E-state index in [1.54, 1.807) is 13.2 Å². The summed E-state index contributed by atoms with van der Waals surface area (Å²) in [5.41, 5.74) is 1.74. The standard InChI is InChI=1S/C18H22ClFN2O2/c1-24-13-4-2-3-11(7-13)18(23)21-6-5-12-10-22-17-9-16(20)15(19)8-14(12)17/h8-11,13,22H,2-7H2,1H3,(H,21,23). The van der Waals surface area contributed by atoms with Crippen LogP contribution in [0.15, 0.2) is 18.3 Å². The third-order valence-corrected chi connectivity index (χ3v) is 5.12. The van der Waals surface area contributed by atoms with Gasteiger partial charge in [0, 0.05) is 36.7 Å². The van der Waals surface area contributed by atoms with Gasteiger partial charge in [0.1, 0.15) is 5.82 Å². The summed E-state index contributed by atoms with van der Waals surface area (Å²) in [6.45, 7) is 0.551. The van der Waals surface area contributed by atoms with Gasteiger partial charge in [-0.05, 0) is 43.4 Å². The number of fused-ring (bicyclic) bond motifs is 1. The second-order valence-electron chi connectivity index (χ2n) is 6.39. The van der Waals surface area contributed by atoms with E-state index in [0.717, 1.165) is 36.6 Å². The molecule has 1 aromatic carbocycles. The van der Waals surface area contributed by atoms with Crippen molar-refractivity contribution in [3.63, 3.8) is 0 Å². The summed E-state index contributed by atoms with van der Waals surface area (Å²) in [6, 6.07) is 3.02. The van der Waals surface area contributed by atoms with Crippen LogP contribution in [0.4, 0.5) is 4.39 Å². The molecular formula is C18H22ClFN2O2. The van der Waals surface area contributed by atoms with Gasteiger partial charge in [0.25, 0.3) is 0 Å². The van der Waals surface area contributed by atoms with E-state index >= 15 is 0 Å². The number of halogens is 2. The zero-order chi connectivity index (χ0) is 17.1. The molecule has 0 radical (unpaired) electrons. The predicted octanol–water partition coefficient (Wildman–Crippen LogP) is 3.82. The third kappa shape index (κ3) is 3.73. The molecule has 1 saturated carbocycles. The van der Waals surface area contributed by atoms with Gasteiger partial charge >= 0.3 is 0 Å². The van der Waals surface area contributed by atoms with Crippen molar-refractivity contribution in [1.82, 2.24) is 10.3 Å². The molecule has 2 unspecified atom stereocenters. The Labute approximate surface area is 145 Å². The summed E-state index contributed by atoms with van der Waals surface area (Å²) in [7, 11) is 1.70. The van der Waals surface area contributed by atoms with Crippen molar-refractivity contribution in [2.24, 2.45) is 5.92 Å². The Kier molecular flexibility index (Phi) is 5.41. The number of hydrogen-bond donors (Lipinski definition) is 2. The summed E-state index contributed by atoms with van der Waals surface area (Å²) < 4.78 is 18.8. The number of benzene rings is 1. The first-order chi connectivity index (χ1) is 11.6. The van der Waals surface area contributed by atoms with Crippen LogP contribution >= 0.6 is 11.6 Å². The van der Waals surface area contributed by atoms with Crippen LogP contribution in [-0.4, -0.2) is 30.6 Å². The number of hydrogen-bond acceptors (Lipinski definition) is 2. The zero-order valence-corrected chi connectivity index (χ0v) is 14.5. The van der Waals surface area contributed by atoms with E-state index in [0.29, 0.717) is 18.5 Å². The van der Waals surface area contributed by atoms with Gasteiger partial charge < -0.3 is 15.0 Å². The van der Waals surface area contributed by atoms with Crippen LogP contribution in [0.2, 0.25) is 5.02 Å². The van der Waals surface area contributed by atoms with Crippen LogP contribution in [-0.2, 0) is 16.0 Å². The Balaban J connectivity index is 1.56. The summed E-state index contributed by atoms with van der Waals surface area (Å²) >= 11 is 5.86. The van der Waals surface area contributed by atoms with E-state index in [9.17, 15) is 9.18 Å². The third-order valence-electron chi connectivity index (χ3n) is 4.83. The molecule has 2 N–H and O–H groups in total. The number of methoxy groups -OCH3 is 1. The molecule has 2 atom stereocenters. The highest BCUT2D eigenvalue weighted by atomic mass is 35.5. The van der Waals surface area contributed by atoms with E-state index in [2.05, 4.69) is 10.3 Å². The first-order valence-corrected chi connectivity index (χ1v) is 8.71. The molecule has 3 rings (SSSR count). The second-order valence-corrected chi connectivity index (χ2v) is 6.80. The SMILES string of the molecule is COC1CCCC(C(=O)NCCc2c[nH]c3cc(F)c(Cl)cc23)C1. The van der Waals surface area contributed by atoms with E-state index in [1.165, 1.54) is 6.07 Å². The van der Waals surface area contributed by atoms with Crippen LogP contribution in [0, 0.1) is 11.7 Å². The van der Waals surface area contributed by atoms with Gasteiger partial charge in [-0.2, -0.15) is 0 Å². The van der Waals surface area contributed by atoms with Gasteiger partial charge in [-0.3, -0.25) is 4.79 Å². The molecule has 1 fully saturated rings. The number of rotatable bonds is 5. The molecule has 0 bridgehead atoms.